The highest BCUT2D eigenvalue weighted by atomic mass is 16.3. The van der Waals surface area contributed by atoms with Crippen LogP contribution >= 0.6 is 0 Å². The largest absolute Gasteiger partial charge is 0.393 e. The number of piperazine rings is 1. The molecular weight excluding hydrogens is 152 g/mol. The van der Waals surface area contributed by atoms with E-state index < -0.39 is 0 Å². The quantitative estimate of drug-likeness (QED) is 0.616. The molecule has 0 aromatic heterocycles. The van der Waals surface area contributed by atoms with Crippen LogP contribution in [0.5, 0.6) is 0 Å². The Kier molecular flexibility index (Phi) is 2.35. The van der Waals surface area contributed by atoms with E-state index >= 15 is 0 Å². The number of nitrogens with one attached hydrogen (secondary N) is 1. The average Bonchev–Trinajstić information content (AvgIpc) is 2.60. The molecule has 3 unspecified atom stereocenters. The summed E-state index contributed by atoms with van der Waals surface area (Å²) >= 11 is 0. The Hall–Kier alpha value is -0.120. The first-order chi connectivity index (χ1) is 5.75. The van der Waals surface area contributed by atoms with Gasteiger partial charge in [-0.3, -0.25) is 4.90 Å². The lowest BCUT2D eigenvalue weighted by atomic mass is 10.2. The Morgan fingerprint density at radius 2 is 2.50 bits per heavy atom. The molecule has 0 amide bonds. The minimum absolute atomic E-state index is 0.142. The van der Waals surface area contributed by atoms with Crippen molar-refractivity contribution in [1.29, 1.82) is 0 Å². The first-order valence-electron chi connectivity index (χ1n) is 4.91. The highest BCUT2D eigenvalue weighted by molar-refractivity contribution is 4.97. The predicted octanol–water partition coefficient (Wildman–Crippen LogP) is -0.197. The summed E-state index contributed by atoms with van der Waals surface area (Å²) in [4.78, 5) is 2.51. The molecule has 0 spiro atoms. The van der Waals surface area contributed by atoms with E-state index in [4.69, 9.17) is 5.11 Å². The van der Waals surface area contributed by atoms with Crippen molar-refractivity contribution in [2.45, 2.75) is 38.0 Å². The van der Waals surface area contributed by atoms with Crippen molar-refractivity contribution in [3.8, 4) is 0 Å². The number of nitrogens with zero attached hydrogens (tertiary/aromatic N) is 1. The summed E-state index contributed by atoms with van der Waals surface area (Å²) in [5.41, 5.74) is 0. The van der Waals surface area contributed by atoms with Crippen LogP contribution in [0.4, 0.5) is 0 Å². The van der Waals surface area contributed by atoms with Crippen LogP contribution in [-0.2, 0) is 0 Å². The van der Waals surface area contributed by atoms with Gasteiger partial charge in [-0.1, -0.05) is 0 Å². The van der Waals surface area contributed by atoms with Crippen LogP contribution in [0.25, 0.3) is 0 Å². The van der Waals surface area contributed by atoms with Gasteiger partial charge in [0.2, 0.25) is 0 Å². The molecule has 2 heterocycles. The van der Waals surface area contributed by atoms with Crippen LogP contribution < -0.4 is 5.32 Å². The maximum absolute atomic E-state index is 9.14. The summed E-state index contributed by atoms with van der Waals surface area (Å²) in [5.74, 6) is 0. The van der Waals surface area contributed by atoms with Crippen LogP contribution in [0.1, 0.15) is 19.8 Å². The first kappa shape index (κ1) is 8.48. The molecule has 12 heavy (non-hydrogen) atoms. The number of hydrogen-bond acceptors (Lipinski definition) is 3. The zero-order chi connectivity index (χ0) is 8.55. The molecule has 2 aliphatic heterocycles. The maximum Gasteiger partial charge on any atom is 0.0524 e. The van der Waals surface area contributed by atoms with Gasteiger partial charge in [-0.15, -0.1) is 0 Å². The van der Waals surface area contributed by atoms with Crippen molar-refractivity contribution in [3.05, 3.63) is 0 Å². The van der Waals surface area contributed by atoms with Gasteiger partial charge in [0, 0.05) is 31.7 Å². The normalized spacial score (nSPS) is 37.5. The van der Waals surface area contributed by atoms with Gasteiger partial charge in [0.25, 0.3) is 0 Å². The third kappa shape index (κ3) is 1.63. The Morgan fingerprint density at radius 1 is 1.67 bits per heavy atom. The van der Waals surface area contributed by atoms with Gasteiger partial charge in [-0.2, -0.15) is 0 Å². The van der Waals surface area contributed by atoms with E-state index in [-0.39, 0.29) is 6.10 Å². The van der Waals surface area contributed by atoms with E-state index in [0.29, 0.717) is 0 Å². The second-order valence-corrected chi connectivity index (χ2v) is 4.13. The van der Waals surface area contributed by atoms with Crippen LogP contribution in [0.3, 0.4) is 0 Å². The maximum atomic E-state index is 9.14. The monoisotopic (exact) mass is 170 g/mol. The molecule has 2 rings (SSSR count). The fourth-order valence-corrected chi connectivity index (χ4v) is 2.27. The zero-order valence-corrected chi connectivity index (χ0v) is 7.66. The van der Waals surface area contributed by atoms with Gasteiger partial charge in [0.1, 0.15) is 0 Å². The van der Waals surface area contributed by atoms with Gasteiger partial charge in [0.15, 0.2) is 0 Å². The summed E-state index contributed by atoms with van der Waals surface area (Å²) < 4.78 is 0. The number of fused-ring (bicyclic) bond motifs is 2. The molecule has 3 nitrogen and oxygen atoms in total. The molecule has 2 N–H and O–H groups in total. The van der Waals surface area contributed by atoms with Crippen molar-refractivity contribution in [2.75, 3.05) is 19.6 Å². The van der Waals surface area contributed by atoms with Crippen molar-refractivity contribution in [1.82, 2.24) is 10.2 Å². The fourth-order valence-electron chi connectivity index (χ4n) is 2.27. The first-order valence-corrected chi connectivity index (χ1v) is 4.91. The van der Waals surface area contributed by atoms with E-state index in [0.717, 1.165) is 31.6 Å². The number of likely N-dealkylation sites (tertiary alicyclic amines) is 1. The molecule has 0 aromatic rings. The van der Waals surface area contributed by atoms with Gasteiger partial charge in [-0.25, -0.2) is 0 Å². The second-order valence-electron chi connectivity index (χ2n) is 4.13. The number of rotatable bonds is 3. The third-order valence-electron chi connectivity index (χ3n) is 3.00. The van der Waals surface area contributed by atoms with Crippen LogP contribution in [-0.4, -0.2) is 47.8 Å². The van der Waals surface area contributed by atoms with E-state index in [1.807, 2.05) is 6.92 Å². The van der Waals surface area contributed by atoms with Crippen molar-refractivity contribution >= 4 is 0 Å². The summed E-state index contributed by atoms with van der Waals surface area (Å²) in [6, 6.07) is 1.50. The molecule has 2 saturated heterocycles. The molecule has 70 valence electrons. The molecule has 3 heteroatoms. The summed E-state index contributed by atoms with van der Waals surface area (Å²) in [7, 11) is 0. The Morgan fingerprint density at radius 3 is 3.00 bits per heavy atom. The van der Waals surface area contributed by atoms with E-state index in [1.54, 1.807) is 0 Å². The topological polar surface area (TPSA) is 35.5 Å². The fraction of sp³-hybridized carbons (Fsp3) is 1.00. The molecule has 3 atom stereocenters. The second kappa shape index (κ2) is 3.32. The van der Waals surface area contributed by atoms with Crippen molar-refractivity contribution in [2.24, 2.45) is 0 Å². The third-order valence-corrected chi connectivity index (χ3v) is 3.00. The minimum atomic E-state index is -0.142. The van der Waals surface area contributed by atoms with Crippen molar-refractivity contribution < 1.29 is 5.11 Å². The standard InChI is InChI=1S/C9H18N2O/c1-7(12)2-3-11-6-8-4-9(11)5-10-8/h7-10,12H,2-6H2,1H3. The van der Waals surface area contributed by atoms with E-state index in [1.165, 1.54) is 13.0 Å². The summed E-state index contributed by atoms with van der Waals surface area (Å²) in [6.07, 6.45) is 2.10. The predicted molar refractivity (Wildman–Crippen MR) is 48.1 cm³/mol. The molecule has 0 radical (unpaired) electrons. The molecule has 0 aromatic carbocycles. The average molecular weight is 170 g/mol. The molecule has 0 aliphatic carbocycles. The lowest BCUT2D eigenvalue weighted by Crippen LogP contribution is -2.44. The smallest absolute Gasteiger partial charge is 0.0524 e. The lowest BCUT2D eigenvalue weighted by molar-refractivity contribution is 0.144. The van der Waals surface area contributed by atoms with Gasteiger partial charge in [-0.05, 0) is 19.8 Å². The molecular formula is C9H18N2O. The Balaban J connectivity index is 1.76. The van der Waals surface area contributed by atoms with Gasteiger partial charge < -0.3 is 10.4 Å². The van der Waals surface area contributed by atoms with E-state index in [9.17, 15) is 0 Å². The Labute approximate surface area is 73.8 Å². The Bertz CT molecular complexity index is 161. The summed E-state index contributed by atoms with van der Waals surface area (Å²) in [6.45, 7) is 5.29. The number of aliphatic hydroxyl groups is 1. The van der Waals surface area contributed by atoms with Crippen LogP contribution in [0.2, 0.25) is 0 Å². The lowest BCUT2D eigenvalue weighted by Gasteiger charge is -2.27. The van der Waals surface area contributed by atoms with Crippen LogP contribution in [0.15, 0.2) is 0 Å². The molecule has 0 saturated carbocycles. The SMILES string of the molecule is CC(O)CCN1CC2CC1CN2. The summed E-state index contributed by atoms with van der Waals surface area (Å²) in [5, 5.41) is 12.6. The highest BCUT2D eigenvalue weighted by Gasteiger charge is 2.36. The zero-order valence-electron chi connectivity index (χ0n) is 7.66. The molecule has 2 fully saturated rings. The minimum Gasteiger partial charge on any atom is -0.393 e. The number of hydrogen-bond donors (Lipinski definition) is 2. The van der Waals surface area contributed by atoms with Crippen molar-refractivity contribution in [3.63, 3.8) is 0 Å². The number of aliphatic hydroxyl groups excluding tert-OH is 1. The highest BCUT2D eigenvalue weighted by Crippen LogP contribution is 2.23. The van der Waals surface area contributed by atoms with E-state index in [2.05, 4.69) is 10.2 Å². The molecule has 2 bridgehead atoms. The molecule has 2 aliphatic rings. The van der Waals surface area contributed by atoms with Gasteiger partial charge in [0.05, 0.1) is 6.10 Å². The van der Waals surface area contributed by atoms with Gasteiger partial charge >= 0.3 is 0 Å². The van der Waals surface area contributed by atoms with Crippen LogP contribution in [0, 0.1) is 0 Å².